The zero-order valence-corrected chi connectivity index (χ0v) is 17.0. The van der Waals surface area contributed by atoms with E-state index < -0.39 is 0 Å². The molecule has 0 bridgehead atoms. The second-order valence-corrected chi connectivity index (χ2v) is 7.53. The lowest BCUT2D eigenvalue weighted by molar-refractivity contribution is -0.153. The van der Waals surface area contributed by atoms with Gasteiger partial charge in [-0.2, -0.15) is 0 Å². The molecule has 0 spiro atoms. The van der Waals surface area contributed by atoms with Crippen molar-refractivity contribution in [1.82, 2.24) is 9.80 Å². The predicted octanol–water partition coefficient (Wildman–Crippen LogP) is 3.04. The fourth-order valence-corrected chi connectivity index (χ4v) is 4.12. The molecule has 2 aromatic rings. The molecular weight excluding hydrogens is 371 g/mol. The van der Waals surface area contributed by atoms with Gasteiger partial charge in [-0.15, -0.1) is 0 Å². The van der Waals surface area contributed by atoms with Crippen molar-refractivity contribution in [3.8, 4) is 11.1 Å². The van der Waals surface area contributed by atoms with E-state index >= 15 is 0 Å². The zero-order valence-electron chi connectivity index (χ0n) is 17.0. The molecule has 1 N–H and O–H groups in total. The second kappa shape index (κ2) is 8.74. The molecule has 3 rings (SSSR count). The molecule has 5 nitrogen and oxygen atoms in total. The van der Waals surface area contributed by atoms with E-state index in [4.69, 9.17) is 0 Å². The predicted molar refractivity (Wildman–Crippen MR) is 110 cm³/mol. The number of carbonyl (C=O) groups excluding carboxylic acids is 2. The van der Waals surface area contributed by atoms with Gasteiger partial charge >= 0.3 is 0 Å². The van der Waals surface area contributed by atoms with Crippen LogP contribution in [-0.2, 0) is 9.59 Å². The fraction of sp³-hybridized carbons (Fsp3) is 0.391. The highest BCUT2D eigenvalue weighted by Gasteiger charge is 2.50. The van der Waals surface area contributed by atoms with Crippen molar-refractivity contribution in [2.45, 2.75) is 38.3 Å². The summed E-state index contributed by atoms with van der Waals surface area (Å²) in [5.74, 6) is -0.453. The van der Waals surface area contributed by atoms with Gasteiger partial charge in [-0.1, -0.05) is 43.3 Å². The largest absolute Gasteiger partial charge is 0.394 e. The number of carbonyl (C=O) groups is 2. The minimum absolute atomic E-state index is 0.0290. The van der Waals surface area contributed by atoms with Gasteiger partial charge in [-0.25, -0.2) is 4.39 Å². The van der Waals surface area contributed by atoms with Gasteiger partial charge in [0.15, 0.2) is 0 Å². The molecule has 0 radical (unpaired) electrons. The molecule has 0 saturated carbocycles. The smallest absolute Gasteiger partial charge is 0.222 e. The lowest BCUT2D eigenvalue weighted by atomic mass is 9.74. The molecule has 1 fully saturated rings. The van der Waals surface area contributed by atoms with Crippen LogP contribution in [-0.4, -0.2) is 59.0 Å². The topological polar surface area (TPSA) is 60.9 Å². The van der Waals surface area contributed by atoms with Gasteiger partial charge < -0.3 is 14.9 Å². The van der Waals surface area contributed by atoms with Gasteiger partial charge in [0.2, 0.25) is 11.8 Å². The molecule has 2 amide bonds. The number of hydrogen-bond acceptors (Lipinski definition) is 3. The second-order valence-electron chi connectivity index (χ2n) is 7.53. The summed E-state index contributed by atoms with van der Waals surface area (Å²) < 4.78 is 13.5. The van der Waals surface area contributed by atoms with E-state index in [1.165, 1.54) is 19.1 Å². The summed E-state index contributed by atoms with van der Waals surface area (Å²) in [6, 6.07) is 13.7. The molecule has 0 aromatic heterocycles. The lowest BCUT2D eigenvalue weighted by Gasteiger charge is -2.55. The van der Waals surface area contributed by atoms with Crippen LogP contribution >= 0.6 is 0 Å². The average Bonchev–Trinajstić information content (AvgIpc) is 2.70. The third-order valence-corrected chi connectivity index (χ3v) is 5.77. The molecule has 6 heteroatoms. The molecule has 29 heavy (non-hydrogen) atoms. The van der Waals surface area contributed by atoms with E-state index in [2.05, 4.69) is 0 Å². The van der Waals surface area contributed by atoms with Crippen LogP contribution < -0.4 is 0 Å². The maximum absolute atomic E-state index is 13.5. The van der Waals surface area contributed by atoms with Crippen LogP contribution in [0, 0.1) is 5.82 Å². The first-order chi connectivity index (χ1) is 13.9. The number of rotatable bonds is 6. The highest BCUT2D eigenvalue weighted by atomic mass is 19.1. The molecule has 1 saturated heterocycles. The first-order valence-electron chi connectivity index (χ1n) is 9.87. The van der Waals surface area contributed by atoms with Crippen LogP contribution in [0.1, 0.15) is 31.7 Å². The van der Waals surface area contributed by atoms with Crippen molar-refractivity contribution < 1.29 is 19.1 Å². The molecule has 1 heterocycles. The van der Waals surface area contributed by atoms with E-state index in [0.29, 0.717) is 13.0 Å². The van der Waals surface area contributed by atoms with Crippen molar-refractivity contribution in [2.75, 3.05) is 20.2 Å². The van der Waals surface area contributed by atoms with E-state index in [1.54, 1.807) is 29.8 Å². The van der Waals surface area contributed by atoms with E-state index in [0.717, 1.165) is 16.7 Å². The third kappa shape index (κ3) is 4.17. The number of nitrogens with zero attached hydrogens (tertiary/aromatic N) is 2. The number of hydrogen-bond donors (Lipinski definition) is 1. The summed E-state index contributed by atoms with van der Waals surface area (Å²) in [4.78, 5) is 27.5. The van der Waals surface area contributed by atoms with Gasteiger partial charge in [-0.3, -0.25) is 9.59 Å². The molecule has 1 aliphatic rings. The minimum Gasteiger partial charge on any atom is -0.394 e. The van der Waals surface area contributed by atoms with E-state index in [1.807, 2.05) is 30.3 Å². The van der Waals surface area contributed by atoms with Crippen LogP contribution in [0.25, 0.3) is 11.1 Å². The van der Waals surface area contributed by atoms with Gasteiger partial charge in [0.1, 0.15) is 5.82 Å². The summed E-state index contributed by atoms with van der Waals surface area (Å²) in [5.41, 5.74) is 2.68. The molecule has 0 unspecified atom stereocenters. The quantitative estimate of drug-likeness (QED) is 0.814. The van der Waals surface area contributed by atoms with Crippen LogP contribution in [0.4, 0.5) is 4.39 Å². The number of halogens is 1. The first kappa shape index (κ1) is 21.0. The van der Waals surface area contributed by atoms with Crippen molar-refractivity contribution in [1.29, 1.82) is 0 Å². The Hall–Kier alpha value is -2.73. The maximum Gasteiger partial charge on any atom is 0.222 e. The molecular formula is C23H27FN2O3. The molecule has 1 aliphatic heterocycles. The van der Waals surface area contributed by atoms with Gasteiger partial charge in [-0.05, 0) is 28.8 Å². The minimum atomic E-state index is -0.312. The number of benzene rings is 2. The molecule has 2 aromatic carbocycles. The van der Waals surface area contributed by atoms with Crippen LogP contribution in [0.5, 0.6) is 0 Å². The van der Waals surface area contributed by atoms with Gasteiger partial charge in [0, 0.05) is 32.9 Å². The number of likely N-dealkylation sites (tertiary alicyclic amines) is 1. The van der Waals surface area contributed by atoms with Crippen molar-refractivity contribution in [3.63, 3.8) is 0 Å². The van der Waals surface area contributed by atoms with E-state index in [9.17, 15) is 19.1 Å². The first-order valence-corrected chi connectivity index (χ1v) is 9.87. The third-order valence-electron chi connectivity index (χ3n) is 5.77. The molecule has 0 aliphatic carbocycles. The number of amides is 2. The Kier molecular flexibility index (Phi) is 6.33. The maximum atomic E-state index is 13.5. The van der Waals surface area contributed by atoms with Crippen molar-refractivity contribution in [2.24, 2.45) is 0 Å². The highest BCUT2D eigenvalue weighted by Crippen LogP contribution is 2.42. The van der Waals surface area contributed by atoms with Gasteiger partial charge in [0.05, 0.1) is 18.7 Å². The molecule has 154 valence electrons. The summed E-state index contributed by atoms with van der Waals surface area (Å²) in [7, 11) is 1.72. The summed E-state index contributed by atoms with van der Waals surface area (Å²) in [5, 5.41) is 9.94. The van der Waals surface area contributed by atoms with E-state index in [-0.39, 0.29) is 42.2 Å². The van der Waals surface area contributed by atoms with Crippen molar-refractivity contribution in [3.05, 3.63) is 59.9 Å². The van der Waals surface area contributed by atoms with Crippen LogP contribution in [0.3, 0.4) is 0 Å². The van der Waals surface area contributed by atoms with Crippen LogP contribution in [0.15, 0.2) is 48.5 Å². The standard InChI is InChI=1S/C23H27FN2O3/c1-4-22(29)26-20(13-25(3)15(2)28)23(21(26)14-27)17-10-8-16(9-11-17)18-6-5-7-19(24)12-18/h5-12,20-21,23,27H,4,13-14H2,1-3H3/t20-,21+,23+/m1/s1. The Labute approximate surface area is 170 Å². The average molecular weight is 398 g/mol. The molecule has 3 atom stereocenters. The lowest BCUT2D eigenvalue weighted by Crippen LogP contribution is -2.68. The summed E-state index contributed by atoms with van der Waals surface area (Å²) in [6.07, 6.45) is 0.349. The Morgan fingerprint density at radius 1 is 1.10 bits per heavy atom. The Morgan fingerprint density at radius 3 is 2.34 bits per heavy atom. The Balaban J connectivity index is 1.89. The van der Waals surface area contributed by atoms with Crippen molar-refractivity contribution >= 4 is 11.8 Å². The van der Waals surface area contributed by atoms with Crippen LogP contribution in [0.2, 0.25) is 0 Å². The monoisotopic (exact) mass is 398 g/mol. The van der Waals surface area contributed by atoms with Gasteiger partial charge in [0.25, 0.3) is 0 Å². The number of aliphatic hydroxyl groups excluding tert-OH is 1. The normalized spacial score (nSPS) is 20.9. The Bertz CT molecular complexity index is 884. The summed E-state index contributed by atoms with van der Waals surface area (Å²) >= 11 is 0. The highest BCUT2D eigenvalue weighted by molar-refractivity contribution is 5.79. The Morgan fingerprint density at radius 2 is 1.79 bits per heavy atom. The fourth-order valence-electron chi connectivity index (χ4n) is 4.12. The number of likely N-dealkylation sites (N-methyl/N-ethyl adjacent to an activating group) is 1. The zero-order chi connectivity index (χ0) is 21.1. The number of aliphatic hydroxyl groups is 1. The SMILES string of the molecule is CCC(=O)N1[C@H](CN(C)C(C)=O)[C@H](c2ccc(-c3cccc(F)c3)cc2)[C@@H]1CO. The summed E-state index contributed by atoms with van der Waals surface area (Å²) in [6.45, 7) is 3.57.